The lowest BCUT2D eigenvalue weighted by Gasteiger charge is -2.34. The van der Waals surface area contributed by atoms with E-state index >= 15 is 0 Å². The molecule has 1 atom stereocenters. The minimum absolute atomic E-state index is 0.214. The summed E-state index contributed by atoms with van der Waals surface area (Å²) in [7, 11) is 3.30. The summed E-state index contributed by atoms with van der Waals surface area (Å²) < 4.78 is 6.91. The van der Waals surface area contributed by atoms with Crippen molar-refractivity contribution in [1.29, 1.82) is 0 Å². The number of carbonyl (C=O) groups excluding carboxylic acids is 1. The molecule has 3 aromatic rings. The number of rotatable bonds is 5. The predicted octanol–water partition coefficient (Wildman–Crippen LogP) is 4.66. The van der Waals surface area contributed by atoms with E-state index in [0.717, 1.165) is 38.9 Å². The Morgan fingerprint density at radius 3 is 2.61 bits per heavy atom. The first-order chi connectivity index (χ1) is 13.2. The zero-order valence-corrected chi connectivity index (χ0v) is 18.0. The van der Waals surface area contributed by atoms with Gasteiger partial charge in [0, 0.05) is 18.8 Å². The lowest BCUT2D eigenvalue weighted by atomic mass is 9.69. The van der Waals surface area contributed by atoms with Crippen molar-refractivity contribution < 1.29 is 9.53 Å². The van der Waals surface area contributed by atoms with E-state index in [1.807, 2.05) is 40.8 Å². The van der Waals surface area contributed by atoms with Gasteiger partial charge in [0.15, 0.2) is 0 Å². The van der Waals surface area contributed by atoms with Crippen LogP contribution in [0.15, 0.2) is 30.3 Å². The number of carbonyl (C=O) groups is 1. The third-order valence-corrected chi connectivity index (χ3v) is 5.96. The molecule has 6 heteroatoms. The first kappa shape index (κ1) is 20.3. The molecule has 0 spiro atoms. The monoisotopic (exact) mass is 399 g/mol. The van der Waals surface area contributed by atoms with Crippen LogP contribution in [0.1, 0.15) is 47.6 Å². The quantitative estimate of drug-likeness (QED) is 0.462. The number of aromatic nitrogens is 3. The number of nitrogens with zero attached hydrogens (tertiary/aromatic N) is 3. The normalized spacial score (nSPS) is 13.0. The van der Waals surface area contributed by atoms with Gasteiger partial charge in [0.25, 0.3) is 0 Å². The van der Waals surface area contributed by atoms with Gasteiger partial charge < -0.3 is 4.74 Å². The van der Waals surface area contributed by atoms with E-state index in [0.29, 0.717) is 5.88 Å². The Kier molecular flexibility index (Phi) is 5.48. The van der Waals surface area contributed by atoms with Crippen molar-refractivity contribution >= 4 is 28.6 Å². The van der Waals surface area contributed by atoms with Crippen LogP contribution in [0.3, 0.4) is 0 Å². The van der Waals surface area contributed by atoms with Crippen LogP contribution in [0.25, 0.3) is 11.0 Å². The third kappa shape index (κ3) is 3.28. The summed E-state index contributed by atoms with van der Waals surface area (Å²) >= 11 is 6.16. The molecule has 0 saturated heterocycles. The van der Waals surface area contributed by atoms with E-state index in [9.17, 15) is 4.79 Å². The third-order valence-electron chi connectivity index (χ3n) is 5.67. The highest BCUT2D eigenvalue weighted by molar-refractivity contribution is 6.17. The lowest BCUT2D eigenvalue weighted by molar-refractivity contribution is -0.151. The highest BCUT2D eigenvalue weighted by atomic mass is 35.5. The van der Waals surface area contributed by atoms with E-state index in [-0.39, 0.29) is 11.9 Å². The molecule has 1 unspecified atom stereocenters. The Morgan fingerprint density at radius 2 is 1.96 bits per heavy atom. The molecule has 0 aliphatic heterocycles. The van der Waals surface area contributed by atoms with Crippen LogP contribution in [0.4, 0.5) is 0 Å². The van der Waals surface area contributed by atoms with Gasteiger partial charge in [0.1, 0.15) is 5.52 Å². The number of methoxy groups -OCH3 is 1. The van der Waals surface area contributed by atoms with Crippen molar-refractivity contribution in [3.8, 4) is 0 Å². The highest BCUT2D eigenvalue weighted by Crippen LogP contribution is 2.44. The maximum absolute atomic E-state index is 12.7. The average Bonchev–Trinajstić information content (AvgIpc) is 3.05. The number of benzene rings is 2. The number of aryl methyl sites for hydroxylation is 3. The van der Waals surface area contributed by atoms with E-state index in [2.05, 4.69) is 34.6 Å². The van der Waals surface area contributed by atoms with E-state index in [1.165, 1.54) is 7.11 Å². The van der Waals surface area contributed by atoms with Crippen LogP contribution in [0.5, 0.6) is 0 Å². The molecule has 0 fully saturated rings. The largest absolute Gasteiger partial charge is 0.469 e. The van der Waals surface area contributed by atoms with Crippen LogP contribution < -0.4 is 0 Å². The predicted molar refractivity (Wildman–Crippen MR) is 112 cm³/mol. The molecule has 0 saturated carbocycles. The summed E-state index contributed by atoms with van der Waals surface area (Å²) in [5.74, 6) is -0.0502. The second-order valence-electron chi connectivity index (χ2n) is 7.83. The summed E-state index contributed by atoms with van der Waals surface area (Å²) in [6.07, 6.45) is 0. The topological polar surface area (TPSA) is 57.0 Å². The Morgan fingerprint density at radius 1 is 1.25 bits per heavy atom. The molecule has 148 valence electrons. The molecule has 1 aromatic heterocycles. The fourth-order valence-electron chi connectivity index (χ4n) is 3.94. The first-order valence-corrected chi connectivity index (χ1v) is 9.78. The number of fused-ring (bicyclic) bond motifs is 1. The van der Waals surface area contributed by atoms with Crippen molar-refractivity contribution in [3.63, 3.8) is 0 Å². The van der Waals surface area contributed by atoms with Crippen LogP contribution in [-0.2, 0) is 22.5 Å². The van der Waals surface area contributed by atoms with Gasteiger partial charge in [0.05, 0.1) is 18.0 Å². The van der Waals surface area contributed by atoms with Gasteiger partial charge in [-0.15, -0.1) is 16.7 Å². The molecule has 0 bridgehead atoms. The van der Waals surface area contributed by atoms with Crippen molar-refractivity contribution in [1.82, 2.24) is 15.0 Å². The number of alkyl halides is 1. The number of ether oxygens (including phenoxy) is 1. The second-order valence-corrected chi connectivity index (χ2v) is 8.09. The lowest BCUT2D eigenvalue weighted by Crippen LogP contribution is -2.34. The molecule has 0 amide bonds. The molecule has 5 nitrogen and oxygen atoms in total. The van der Waals surface area contributed by atoms with Gasteiger partial charge in [-0.3, -0.25) is 4.79 Å². The van der Waals surface area contributed by atoms with Crippen LogP contribution in [-0.4, -0.2) is 28.1 Å². The summed E-state index contributed by atoms with van der Waals surface area (Å²) in [5, 5.41) is 8.46. The summed E-state index contributed by atoms with van der Waals surface area (Å²) in [4.78, 5) is 12.7. The van der Waals surface area contributed by atoms with Crippen LogP contribution in [0, 0.1) is 19.3 Å². The maximum Gasteiger partial charge on any atom is 0.312 e. The Hall–Kier alpha value is -2.40. The molecule has 0 radical (unpaired) electrons. The zero-order chi connectivity index (χ0) is 20.6. The molecule has 0 N–H and O–H groups in total. The minimum Gasteiger partial charge on any atom is -0.469 e. The summed E-state index contributed by atoms with van der Waals surface area (Å²) in [5.41, 5.74) is 6.29. The molecule has 1 heterocycles. The Labute approximate surface area is 170 Å². The molecular formula is C22H26ClN3O2. The molecule has 28 heavy (non-hydrogen) atoms. The second kappa shape index (κ2) is 7.55. The number of esters is 1. The Bertz CT molecular complexity index is 1040. The van der Waals surface area contributed by atoms with Gasteiger partial charge in [-0.2, -0.15) is 0 Å². The number of hydrogen-bond acceptors (Lipinski definition) is 4. The van der Waals surface area contributed by atoms with E-state index < -0.39 is 5.41 Å². The minimum atomic E-state index is -0.783. The van der Waals surface area contributed by atoms with Gasteiger partial charge >= 0.3 is 5.97 Å². The van der Waals surface area contributed by atoms with Crippen LogP contribution in [0.2, 0.25) is 0 Å². The maximum atomic E-state index is 12.7. The number of hydrogen-bond donors (Lipinski definition) is 0. The smallest absolute Gasteiger partial charge is 0.312 e. The van der Waals surface area contributed by atoms with Crippen molar-refractivity contribution in [2.45, 2.75) is 39.5 Å². The fourth-order valence-corrected chi connectivity index (χ4v) is 4.23. The van der Waals surface area contributed by atoms with Crippen molar-refractivity contribution in [3.05, 3.63) is 58.1 Å². The van der Waals surface area contributed by atoms with Crippen molar-refractivity contribution in [2.75, 3.05) is 7.11 Å². The summed E-state index contributed by atoms with van der Waals surface area (Å²) in [6, 6.07) is 10.3. The fraction of sp³-hybridized carbons (Fsp3) is 0.409. The van der Waals surface area contributed by atoms with Gasteiger partial charge in [-0.05, 0) is 61.6 Å². The average molecular weight is 400 g/mol. The Balaban J connectivity index is 2.28. The molecule has 2 aromatic carbocycles. The van der Waals surface area contributed by atoms with Crippen molar-refractivity contribution in [2.24, 2.45) is 12.5 Å². The highest BCUT2D eigenvalue weighted by Gasteiger charge is 2.41. The van der Waals surface area contributed by atoms with E-state index in [1.54, 1.807) is 4.68 Å². The molecule has 0 aliphatic carbocycles. The summed E-state index contributed by atoms with van der Waals surface area (Å²) in [6.45, 7) is 7.91. The molecular weight excluding hydrogens is 374 g/mol. The van der Waals surface area contributed by atoms with Gasteiger partial charge in [-0.25, -0.2) is 4.68 Å². The van der Waals surface area contributed by atoms with Gasteiger partial charge in [-0.1, -0.05) is 29.5 Å². The number of halogens is 1. The molecule has 3 rings (SSSR count). The zero-order valence-electron chi connectivity index (χ0n) is 17.2. The standard InChI is InChI=1S/C22H26ClN3O2/c1-13-7-8-15(11-16(13)12-23)19(22(3,4)21(27)28-6)17-9-10-18-20(14(17)2)24-25-26(18)5/h7-11,19H,12H2,1-6H3. The molecule has 0 aliphatic rings. The SMILES string of the molecule is COC(=O)C(C)(C)C(c1ccc(C)c(CCl)c1)c1ccc2c(nnn2C)c1C. The van der Waals surface area contributed by atoms with Crippen LogP contribution >= 0.6 is 11.6 Å². The first-order valence-electron chi connectivity index (χ1n) is 9.25. The van der Waals surface area contributed by atoms with E-state index in [4.69, 9.17) is 16.3 Å². The van der Waals surface area contributed by atoms with Gasteiger partial charge in [0.2, 0.25) is 0 Å².